The maximum Gasteiger partial charge on any atom is 0.0973 e. The Morgan fingerprint density at radius 2 is 1.77 bits per heavy atom. The van der Waals surface area contributed by atoms with Crippen LogP contribution in [0.25, 0.3) is 33.5 Å². The molecule has 154 valence electrons. The summed E-state index contributed by atoms with van der Waals surface area (Å²) in [5, 5.41) is 4.90. The van der Waals surface area contributed by atoms with Crippen LogP contribution in [0.5, 0.6) is 0 Å². The molecular formula is C23H23Cl2N5. The second-order valence-electron chi connectivity index (χ2n) is 7.45. The molecule has 1 saturated heterocycles. The van der Waals surface area contributed by atoms with Crippen molar-refractivity contribution >= 4 is 40.7 Å². The van der Waals surface area contributed by atoms with Gasteiger partial charge in [0.05, 0.1) is 39.5 Å². The van der Waals surface area contributed by atoms with Gasteiger partial charge in [0.15, 0.2) is 0 Å². The minimum Gasteiger partial charge on any atom is -0.396 e. The van der Waals surface area contributed by atoms with Crippen LogP contribution >= 0.6 is 24.0 Å². The van der Waals surface area contributed by atoms with Crippen molar-refractivity contribution in [1.29, 1.82) is 0 Å². The minimum absolute atomic E-state index is 0. The van der Waals surface area contributed by atoms with Crippen LogP contribution in [0.2, 0.25) is 5.02 Å². The number of aromatic amines is 1. The Morgan fingerprint density at radius 1 is 1.03 bits per heavy atom. The number of hydrogen-bond donors (Lipinski definition) is 3. The van der Waals surface area contributed by atoms with Crippen LogP contribution in [0.3, 0.4) is 0 Å². The topological polar surface area (TPSA) is 79.1 Å². The fraction of sp³-hybridized carbons (Fsp3) is 0.217. The average Bonchev–Trinajstić information content (AvgIpc) is 2.75. The van der Waals surface area contributed by atoms with Crippen LogP contribution in [-0.2, 0) is 0 Å². The number of piperidine rings is 1. The zero-order valence-corrected chi connectivity index (χ0v) is 17.9. The number of rotatable bonds is 2. The summed E-state index contributed by atoms with van der Waals surface area (Å²) in [5.41, 5.74) is 12.9. The van der Waals surface area contributed by atoms with Gasteiger partial charge in [0, 0.05) is 10.6 Å². The van der Waals surface area contributed by atoms with E-state index in [1.54, 1.807) is 0 Å². The van der Waals surface area contributed by atoms with Crippen molar-refractivity contribution < 1.29 is 0 Å². The minimum atomic E-state index is 0. The number of halogens is 2. The second-order valence-corrected chi connectivity index (χ2v) is 7.89. The smallest absolute Gasteiger partial charge is 0.0973 e. The summed E-state index contributed by atoms with van der Waals surface area (Å²) in [6.07, 6.45) is 2.04. The largest absolute Gasteiger partial charge is 0.396 e. The first-order valence-corrected chi connectivity index (χ1v) is 10.3. The number of hydrogen-bond acceptors (Lipinski definition) is 4. The second kappa shape index (κ2) is 8.64. The highest BCUT2D eigenvalue weighted by atomic mass is 35.5. The standard InChI is InChI=1S/C23H22ClN5.ClH/c24-15-7-5-14(6-8-15)21-22(25)19(27-16-9-11-26-12-10-16)13-20-23(21)29-18-4-2-1-3-17(18)28-20;/h1-8,13,16,26,28H,9-12,25H2;1H. The highest BCUT2D eigenvalue weighted by Gasteiger charge is 2.19. The molecule has 0 amide bonds. The molecular weight excluding hydrogens is 417 g/mol. The van der Waals surface area contributed by atoms with Crippen LogP contribution in [0, 0.1) is 0 Å². The van der Waals surface area contributed by atoms with E-state index < -0.39 is 0 Å². The lowest BCUT2D eigenvalue weighted by atomic mass is 9.97. The van der Waals surface area contributed by atoms with E-state index in [0.717, 1.165) is 64.8 Å². The Bertz CT molecular complexity index is 1210. The van der Waals surface area contributed by atoms with Crippen LogP contribution in [0.1, 0.15) is 12.8 Å². The molecule has 2 aromatic carbocycles. The third-order valence-electron chi connectivity index (χ3n) is 5.49. The molecule has 1 fully saturated rings. The normalized spacial score (nSPS) is 15.4. The molecule has 0 bridgehead atoms. The lowest BCUT2D eigenvalue weighted by molar-refractivity contribution is 0.454. The monoisotopic (exact) mass is 439 g/mol. The number of H-pyrrole nitrogens is 1. The van der Waals surface area contributed by atoms with Crippen molar-refractivity contribution in [1.82, 2.24) is 15.3 Å². The lowest BCUT2D eigenvalue weighted by Crippen LogP contribution is -2.31. The molecule has 0 atom stereocenters. The molecule has 7 heteroatoms. The first-order valence-electron chi connectivity index (χ1n) is 9.91. The van der Waals surface area contributed by atoms with Crippen molar-refractivity contribution in [3.8, 4) is 22.5 Å². The summed E-state index contributed by atoms with van der Waals surface area (Å²) in [7, 11) is 0. The van der Waals surface area contributed by atoms with E-state index in [9.17, 15) is 0 Å². The molecule has 0 unspecified atom stereocenters. The fourth-order valence-electron chi connectivity index (χ4n) is 3.97. The molecule has 2 heterocycles. The molecule has 5 nitrogen and oxygen atoms in total. The van der Waals surface area contributed by atoms with E-state index in [-0.39, 0.29) is 18.4 Å². The Kier molecular flexibility index (Phi) is 5.95. The van der Waals surface area contributed by atoms with Crippen molar-refractivity contribution in [3.05, 3.63) is 65.0 Å². The van der Waals surface area contributed by atoms with Gasteiger partial charge in [-0.05, 0) is 61.8 Å². The maximum atomic E-state index is 6.68. The third-order valence-corrected chi connectivity index (χ3v) is 5.74. The van der Waals surface area contributed by atoms with Crippen molar-refractivity contribution in [3.63, 3.8) is 0 Å². The number of fused-ring (bicyclic) bond motifs is 2. The van der Waals surface area contributed by atoms with Crippen LogP contribution in [-0.4, -0.2) is 29.1 Å². The summed E-state index contributed by atoms with van der Waals surface area (Å²) < 4.78 is 0. The van der Waals surface area contributed by atoms with Gasteiger partial charge in [-0.25, -0.2) is 4.98 Å². The van der Waals surface area contributed by atoms with Crippen molar-refractivity contribution in [2.24, 2.45) is 4.99 Å². The van der Waals surface area contributed by atoms with Gasteiger partial charge < -0.3 is 16.0 Å². The molecule has 0 saturated carbocycles. The van der Waals surface area contributed by atoms with Gasteiger partial charge in [-0.2, -0.15) is 0 Å². The number of para-hydroxylation sites is 2. The quantitative estimate of drug-likeness (QED) is 0.314. The highest BCUT2D eigenvalue weighted by Crippen LogP contribution is 2.35. The van der Waals surface area contributed by atoms with Gasteiger partial charge in [0.2, 0.25) is 0 Å². The van der Waals surface area contributed by atoms with Crippen LogP contribution in [0.15, 0.2) is 59.6 Å². The number of anilines is 1. The van der Waals surface area contributed by atoms with Gasteiger partial charge in [-0.1, -0.05) is 35.9 Å². The molecule has 0 radical (unpaired) electrons. The molecule has 5 rings (SSSR count). The first-order chi connectivity index (χ1) is 14.2. The molecule has 1 aliphatic carbocycles. The highest BCUT2D eigenvalue weighted by molar-refractivity contribution is 6.30. The van der Waals surface area contributed by atoms with E-state index in [4.69, 9.17) is 27.3 Å². The fourth-order valence-corrected chi connectivity index (χ4v) is 4.10. The summed E-state index contributed by atoms with van der Waals surface area (Å²) >= 11 is 6.12. The third kappa shape index (κ3) is 3.88. The summed E-state index contributed by atoms with van der Waals surface area (Å²) in [5.74, 6) is 0. The maximum absolute atomic E-state index is 6.68. The number of nitrogens with one attached hydrogen (secondary N) is 2. The molecule has 3 aliphatic rings. The average molecular weight is 440 g/mol. The van der Waals surface area contributed by atoms with Gasteiger partial charge in [-0.15, -0.1) is 12.4 Å². The van der Waals surface area contributed by atoms with Crippen molar-refractivity contribution in [2.75, 3.05) is 18.8 Å². The van der Waals surface area contributed by atoms with Gasteiger partial charge >= 0.3 is 0 Å². The van der Waals surface area contributed by atoms with Gasteiger partial charge in [-0.3, -0.25) is 4.99 Å². The van der Waals surface area contributed by atoms with Crippen LogP contribution in [0.4, 0.5) is 5.69 Å². The Morgan fingerprint density at radius 3 is 2.53 bits per heavy atom. The molecule has 2 aliphatic heterocycles. The summed E-state index contributed by atoms with van der Waals surface area (Å²) in [6.45, 7) is 1.98. The summed E-state index contributed by atoms with van der Waals surface area (Å²) in [6, 6.07) is 18.1. The van der Waals surface area contributed by atoms with Gasteiger partial charge in [0.25, 0.3) is 0 Å². The Labute approximate surface area is 186 Å². The number of aromatic nitrogens is 2. The molecule has 2 aromatic rings. The number of nitrogens with two attached hydrogens (primary N) is 1. The first kappa shape index (κ1) is 20.7. The predicted octanol–water partition coefficient (Wildman–Crippen LogP) is 4.64. The number of benzene rings is 3. The Balaban J connectivity index is 0.00000218. The van der Waals surface area contributed by atoms with E-state index >= 15 is 0 Å². The molecule has 4 N–H and O–H groups in total. The van der Waals surface area contributed by atoms with Crippen LogP contribution < -0.4 is 16.4 Å². The SMILES string of the molecule is Cl.Nc1c(-c2ccc(Cl)cc2)c2nc3ccccc3[nH]c-2cc1=NC1CCNCC1. The number of nitrogen functional groups attached to an aromatic ring is 1. The Hall–Kier alpha value is -2.60. The van der Waals surface area contributed by atoms with E-state index in [2.05, 4.69) is 10.3 Å². The lowest BCUT2D eigenvalue weighted by Gasteiger charge is -2.20. The van der Waals surface area contributed by atoms with E-state index in [1.165, 1.54) is 0 Å². The predicted molar refractivity (Wildman–Crippen MR) is 126 cm³/mol. The van der Waals surface area contributed by atoms with Crippen molar-refractivity contribution in [2.45, 2.75) is 18.9 Å². The zero-order chi connectivity index (χ0) is 19.8. The molecule has 0 spiro atoms. The van der Waals surface area contributed by atoms with E-state index in [0.29, 0.717) is 10.7 Å². The molecule has 0 aromatic heterocycles. The molecule has 30 heavy (non-hydrogen) atoms. The number of nitrogens with zero attached hydrogens (tertiary/aromatic N) is 2. The van der Waals surface area contributed by atoms with Gasteiger partial charge in [0.1, 0.15) is 0 Å². The van der Waals surface area contributed by atoms with E-state index in [1.807, 2.05) is 54.6 Å². The zero-order valence-electron chi connectivity index (χ0n) is 16.4. The summed E-state index contributed by atoms with van der Waals surface area (Å²) in [4.78, 5) is 13.5.